The van der Waals surface area contributed by atoms with Crippen LogP contribution in [0.25, 0.3) is 0 Å². The second-order valence-corrected chi connectivity index (χ2v) is 4.78. The number of rotatable bonds is 5. The predicted molar refractivity (Wildman–Crippen MR) is 65.4 cm³/mol. The molecule has 0 aliphatic rings. The topological polar surface area (TPSA) is 85.8 Å². The van der Waals surface area contributed by atoms with Gasteiger partial charge in [0, 0.05) is 18.8 Å². The van der Waals surface area contributed by atoms with E-state index in [0.29, 0.717) is 11.7 Å². The van der Waals surface area contributed by atoms with Crippen LogP contribution >= 0.6 is 11.8 Å². The number of aliphatic carboxylic acids is 1. The minimum Gasteiger partial charge on any atom is -0.481 e. The Labute approximate surface area is 108 Å². The molecular weight excluding hydrogens is 254 g/mol. The average Bonchev–Trinajstić information content (AvgIpc) is 2.84. The van der Waals surface area contributed by atoms with Crippen molar-refractivity contribution in [3.8, 4) is 0 Å². The zero-order valence-electron chi connectivity index (χ0n) is 10.1. The lowest BCUT2D eigenvalue weighted by Crippen LogP contribution is -2.04. The average molecular weight is 267 g/mol. The summed E-state index contributed by atoms with van der Waals surface area (Å²) >= 11 is 1.16. The largest absolute Gasteiger partial charge is 0.481 e. The van der Waals surface area contributed by atoms with Crippen molar-refractivity contribution >= 4 is 17.7 Å². The summed E-state index contributed by atoms with van der Waals surface area (Å²) in [6.07, 6.45) is 3.53. The highest BCUT2D eigenvalue weighted by Gasteiger charge is 2.10. The molecule has 0 bridgehead atoms. The van der Waals surface area contributed by atoms with Gasteiger partial charge in [-0.25, -0.2) is 0 Å². The summed E-state index contributed by atoms with van der Waals surface area (Å²) in [4.78, 5) is 10.5. The molecule has 8 heteroatoms. The van der Waals surface area contributed by atoms with E-state index in [0.717, 1.165) is 23.0 Å². The molecule has 0 aromatic carbocycles. The molecule has 0 radical (unpaired) electrons. The van der Waals surface area contributed by atoms with Crippen LogP contribution in [-0.2, 0) is 18.4 Å². The van der Waals surface area contributed by atoms with Gasteiger partial charge in [-0.3, -0.25) is 9.48 Å². The Morgan fingerprint density at radius 2 is 2.33 bits per heavy atom. The first kappa shape index (κ1) is 12.6. The van der Waals surface area contributed by atoms with Crippen LogP contribution in [0.3, 0.4) is 0 Å². The van der Waals surface area contributed by atoms with Crippen molar-refractivity contribution in [3.05, 3.63) is 23.8 Å². The maximum atomic E-state index is 10.5. The van der Waals surface area contributed by atoms with Gasteiger partial charge in [0.05, 0.1) is 18.0 Å². The molecule has 0 atom stereocenters. The SMILES string of the molecule is Cc1nn(C)cc1Cn1cnnc1SCC(=O)O. The number of hydrogen-bond donors (Lipinski definition) is 1. The van der Waals surface area contributed by atoms with E-state index in [1.807, 2.05) is 24.7 Å². The maximum Gasteiger partial charge on any atom is 0.313 e. The van der Waals surface area contributed by atoms with Crippen LogP contribution in [-0.4, -0.2) is 41.4 Å². The van der Waals surface area contributed by atoms with Crippen molar-refractivity contribution in [1.82, 2.24) is 24.5 Å². The van der Waals surface area contributed by atoms with E-state index in [-0.39, 0.29) is 5.75 Å². The van der Waals surface area contributed by atoms with Crippen LogP contribution in [0, 0.1) is 6.92 Å². The summed E-state index contributed by atoms with van der Waals surface area (Å²) in [5.74, 6) is -0.892. The van der Waals surface area contributed by atoms with E-state index >= 15 is 0 Å². The van der Waals surface area contributed by atoms with E-state index in [4.69, 9.17) is 5.11 Å². The van der Waals surface area contributed by atoms with Crippen LogP contribution in [0.5, 0.6) is 0 Å². The summed E-state index contributed by atoms with van der Waals surface area (Å²) in [6.45, 7) is 2.53. The number of hydrogen-bond acceptors (Lipinski definition) is 5. The third-order valence-corrected chi connectivity index (χ3v) is 3.33. The molecule has 2 heterocycles. The Kier molecular flexibility index (Phi) is 3.66. The predicted octanol–water partition coefficient (Wildman–Crippen LogP) is 0.545. The van der Waals surface area contributed by atoms with Gasteiger partial charge in [-0.2, -0.15) is 5.10 Å². The summed E-state index contributed by atoms with van der Waals surface area (Å²) in [5.41, 5.74) is 2.01. The Hall–Kier alpha value is -1.83. The van der Waals surface area contributed by atoms with E-state index in [2.05, 4.69) is 15.3 Å². The van der Waals surface area contributed by atoms with Crippen molar-refractivity contribution in [2.75, 3.05) is 5.75 Å². The van der Waals surface area contributed by atoms with E-state index in [9.17, 15) is 4.79 Å². The molecule has 7 nitrogen and oxygen atoms in total. The Balaban J connectivity index is 2.12. The quantitative estimate of drug-likeness (QED) is 0.796. The van der Waals surface area contributed by atoms with Gasteiger partial charge < -0.3 is 9.67 Å². The Morgan fingerprint density at radius 3 is 2.94 bits per heavy atom. The molecule has 0 aliphatic carbocycles. The fourth-order valence-corrected chi connectivity index (χ4v) is 2.21. The number of thioether (sulfide) groups is 1. The van der Waals surface area contributed by atoms with Gasteiger partial charge >= 0.3 is 5.97 Å². The van der Waals surface area contributed by atoms with Crippen molar-refractivity contribution in [1.29, 1.82) is 0 Å². The fraction of sp³-hybridized carbons (Fsp3) is 0.400. The maximum absolute atomic E-state index is 10.5. The first-order valence-corrected chi connectivity index (χ1v) is 6.26. The molecule has 0 spiro atoms. The van der Waals surface area contributed by atoms with E-state index < -0.39 is 5.97 Å². The van der Waals surface area contributed by atoms with Crippen molar-refractivity contribution in [2.24, 2.45) is 7.05 Å². The Bertz CT molecular complexity index is 562. The second-order valence-electron chi connectivity index (χ2n) is 3.84. The number of carboxylic acid groups (broad SMARTS) is 1. The van der Waals surface area contributed by atoms with Crippen LogP contribution in [0.2, 0.25) is 0 Å². The third kappa shape index (κ3) is 2.89. The molecule has 96 valence electrons. The van der Waals surface area contributed by atoms with Crippen LogP contribution in [0.4, 0.5) is 0 Å². The first-order chi connectivity index (χ1) is 8.56. The lowest BCUT2D eigenvalue weighted by Gasteiger charge is -2.03. The molecular formula is C10H13N5O2S. The molecule has 0 unspecified atom stereocenters. The van der Waals surface area contributed by atoms with Gasteiger partial charge in [0.15, 0.2) is 5.16 Å². The molecule has 18 heavy (non-hydrogen) atoms. The number of carbonyl (C=O) groups is 1. The van der Waals surface area contributed by atoms with Gasteiger partial charge in [-0.1, -0.05) is 11.8 Å². The molecule has 0 saturated heterocycles. The van der Waals surface area contributed by atoms with E-state index in [1.165, 1.54) is 0 Å². The van der Waals surface area contributed by atoms with Gasteiger partial charge in [0.2, 0.25) is 0 Å². The molecule has 0 amide bonds. The van der Waals surface area contributed by atoms with Gasteiger partial charge in [-0.15, -0.1) is 10.2 Å². The van der Waals surface area contributed by atoms with Gasteiger partial charge in [0.25, 0.3) is 0 Å². The molecule has 1 N–H and O–H groups in total. The normalized spacial score (nSPS) is 10.8. The molecule has 2 rings (SSSR count). The summed E-state index contributed by atoms with van der Waals surface area (Å²) in [6, 6.07) is 0. The zero-order chi connectivity index (χ0) is 13.1. The van der Waals surface area contributed by atoms with Crippen LogP contribution in [0.15, 0.2) is 17.7 Å². The number of nitrogens with zero attached hydrogens (tertiary/aromatic N) is 5. The lowest BCUT2D eigenvalue weighted by molar-refractivity contribution is -0.133. The highest BCUT2D eigenvalue weighted by molar-refractivity contribution is 7.99. The van der Waals surface area contributed by atoms with Crippen molar-refractivity contribution in [2.45, 2.75) is 18.6 Å². The number of aryl methyl sites for hydroxylation is 2. The fourth-order valence-electron chi connectivity index (χ4n) is 1.58. The van der Waals surface area contributed by atoms with Crippen LogP contribution < -0.4 is 0 Å². The van der Waals surface area contributed by atoms with Crippen LogP contribution in [0.1, 0.15) is 11.3 Å². The monoisotopic (exact) mass is 267 g/mol. The van der Waals surface area contributed by atoms with Gasteiger partial charge in [0.1, 0.15) is 6.33 Å². The molecule has 2 aromatic heterocycles. The van der Waals surface area contributed by atoms with Crippen molar-refractivity contribution in [3.63, 3.8) is 0 Å². The summed E-state index contributed by atoms with van der Waals surface area (Å²) in [7, 11) is 1.86. The lowest BCUT2D eigenvalue weighted by atomic mass is 10.3. The number of aromatic nitrogens is 5. The molecule has 0 saturated carbocycles. The third-order valence-electron chi connectivity index (χ3n) is 2.36. The molecule has 2 aromatic rings. The molecule has 0 fully saturated rings. The zero-order valence-corrected chi connectivity index (χ0v) is 10.9. The molecule has 0 aliphatic heterocycles. The van der Waals surface area contributed by atoms with Crippen molar-refractivity contribution < 1.29 is 9.90 Å². The highest BCUT2D eigenvalue weighted by Crippen LogP contribution is 2.16. The standard InChI is InChI=1S/C10H13N5O2S/c1-7-8(3-14(2)13-7)4-15-6-11-12-10(15)18-5-9(16)17/h3,6H,4-5H2,1-2H3,(H,16,17). The van der Waals surface area contributed by atoms with Gasteiger partial charge in [-0.05, 0) is 6.92 Å². The van der Waals surface area contributed by atoms with E-state index in [1.54, 1.807) is 11.0 Å². The second kappa shape index (κ2) is 5.21. The first-order valence-electron chi connectivity index (χ1n) is 5.28. The highest BCUT2D eigenvalue weighted by atomic mass is 32.2. The summed E-state index contributed by atoms with van der Waals surface area (Å²) < 4.78 is 3.57. The minimum absolute atomic E-state index is 0.0231. The summed E-state index contributed by atoms with van der Waals surface area (Å²) in [5, 5.41) is 21.2. The smallest absolute Gasteiger partial charge is 0.313 e. The minimum atomic E-state index is -0.868. The number of carboxylic acids is 1. The Morgan fingerprint density at radius 1 is 1.56 bits per heavy atom.